The van der Waals surface area contributed by atoms with E-state index in [0.29, 0.717) is 0 Å². The zero-order valence-corrected chi connectivity index (χ0v) is 49.3. The molecule has 17 rings (SSSR count). The van der Waals surface area contributed by atoms with Crippen molar-refractivity contribution in [3.05, 3.63) is 322 Å². The molecule has 0 saturated carbocycles. The minimum Gasteiger partial charge on any atom is -0.455 e. The predicted molar refractivity (Wildman–Crippen MR) is 377 cm³/mol. The van der Waals surface area contributed by atoms with Gasteiger partial charge in [-0.1, -0.05) is 218 Å². The van der Waals surface area contributed by atoms with Gasteiger partial charge in [-0.15, -0.1) is 22.7 Å². The second-order valence-corrected chi connectivity index (χ2v) is 24.5. The molecule has 0 unspecified atom stereocenters. The van der Waals surface area contributed by atoms with Gasteiger partial charge >= 0.3 is 0 Å². The first kappa shape index (κ1) is 51.4. The highest BCUT2D eigenvalue weighted by atomic mass is 32.1. The van der Waals surface area contributed by atoms with Gasteiger partial charge in [0.25, 0.3) is 0 Å². The topological polar surface area (TPSA) is 22.9 Å². The Morgan fingerprint density at radius 3 is 1.16 bits per heavy atom. The van der Waals surface area contributed by atoms with Crippen LogP contribution in [-0.2, 0) is 0 Å². The third kappa shape index (κ3) is 8.88. The number of furan rings is 1. The van der Waals surface area contributed by atoms with E-state index in [1.807, 2.05) is 28.7 Å². The summed E-state index contributed by atoms with van der Waals surface area (Å²) < 4.78 is 11.8. The molecule has 17 aromatic rings. The highest BCUT2D eigenvalue weighted by Crippen LogP contribution is 2.50. The Balaban J connectivity index is 0.874. The third-order valence-electron chi connectivity index (χ3n) is 17.2. The highest BCUT2D eigenvalue weighted by Gasteiger charge is 2.25. The Bertz CT molecular complexity index is 5230. The maximum atomic E-state index is 6.59. The lowest BCUT2D eigenvalue weighted by Gasteiger charge is -2.33. The SMILES string of the molecule is c1ccc(N(c2ccc(-c3cccc4c3oc3ccccc34)cc2)c2cc(N(c3ccccc3)c3ccc(-c4cccc5c4sc4ccccc45)cc3)cc(N(c3ccc(-c4cccc5c4sc4ccccc45)cc3)c3cccc4ccccc34)c2)cc1. The van der Waals surface area contributed by atoms with E-state index in [4.69, 9.17) is 4.42 Å². The van der Waals surface area contributed by atoms with Crippen LogP contribution in [0.3, 0.4) is 0 Å². The summed E-state index contributed by atoms with van der Waals surface area (Å²) >= 11 is 3.73. The molecule has 0 radical (unpaired) electrons. The molecule has 14 aromatic carbocycles. The molecule has 0 N–H and O–H groups in total. The number of hydrogen-bond donors (Lipinski definition) is 0. The van der Waals surface area contributed by atoms with Crippen LogP contribution in [0.5, 0.6) is 0 Å². The van der Waals surface area contributed by atoms with Crippen LogP contribution < -0.4 is 14.7 Å². The zero-order chi connectivity index (χ0) is 58.1. The van der Waals surface area contributed by atoms with Crippen molar-refractivity contribution < 1.29 is 4.42 Å². The fourth-order valence-corrected chi connectivity index (χ4v) is 15.6. The van der Waals surface area contributed by atoms with Crippen molar-refractivity contribution in [1.82, 2.24) is 0 Å². The Labute approximate surface area is 517 Å². The minimum atomic E-state index is 0.885. The second kappa shape index (κ2) is 21.5. The molecule has 0 aliphatic carbocycles. The molecular weight excluding hydrogens is 1110 g/mol. The Morgan fingerprint density at radius 1 is 0.239 bits per heavy atom. The molecule has 0 aliphatic rings. The number of para-hydroxylation sites is 4. The Morgan fingerprint density at radius 2 is 0.614 bits per heavy atom. The number of nitrogens with zero attached hydrogens (tertiary/aromatic N) is 3. The van der Waals surface area contributed by atoms with Crippen molar-refractivity contribution in [2.45, 2.75) is 0 Å². The van der Waals surface area contributed by atoms with Gasteiger partial charge in [0.1, 0.15) is 11.2 Å². The molecule has 414 valence electrons. The lowest BCUT2D eigenvalue weighted by molar-refractivity contribution is 0.670. The van der Waals surface area contributed by atoms with Crippen LogP contribution in [0.25, 0.3) is 106 Å². The van der Waals surface area contributed by atoms with Crippen molar-refractivity contribution in [3.8, 4) is 33.4 Å². The van der Waals surface area contributed by atoms with E-state index < -0.39 is 0 Å². The molecule has 88 heavy (non-hydrogen) atoms. The van der Waals surface area contributed by atoms with Crippen LogP contribution in [0.4, 0.5) is 51.2 Å². The van der Waals surface area contributed by atoms with Gasteiger partial charge in [-0.25, -0.2) is 0 Å². The normalized spacial score (nSPS) is 11.6. The quantitative estimate of drug-likeness (QED) is 0.122. The van der Waals surface area contributed by atoms with Gasteiger partial charge < -0.3 is 19.1 Å². The van der Waals surface area contributed by atoms with Crippen molar-refractivity contribution in [3.63, 3.8) is 0 Å². The number of hydrogen-bond acceptors (Lipinski definition) is 6. The van der Waals surface area contributed by atoms with E-state index in [2.05, 4.69) is 330 Å². The lowest BCUT2D eigenvalue weighted by atomic mass is 10.0. The smallest absolute Gasteiger partial charge is 0.143 e. The summed E-state index contributed by atoms with van der Waals surface area (Å²) in [5, 5.41) is 9.71. The average Bonchev–Trinajstić information content (AvgIpc) is 4.19. The standard InChI is InChI=1S/C82H53N3OS2/c1-3-21-58(22-4-1)83(60-45-39-55(40-46-60)67-29-16-32-73-70-26-9-12-36-77(70)86-80(67)73)63-51-64(84(59-23-5-2-6-24-59)61-47-41-56(42-48-61)68-30-17-33-74-71-27-10-13-37-78(71)87-81(68)74)53-65(52-63)85(76-35-15-20-54-19-7-8-25-66(54)76)62-49-43-57(44-50-62)69-31-18-34-75-72-28-11-14-38-79(72)88-82(69)75/h1-53H. The van der Waals surface area contributed by atoms with E-state index in [-0.39, 0.29) is 0 Å². The molecule has 0 saturated heterocycles. The van der Waals surface area contributed by atoms with Gasteiger partial charge in [0.05, 0.1) is 22.7 Å². The fourth-order valence-electron chi connectivity index (χ4n) is 13.1. The van der Waals surface area contributed by atoms with Crippen molar-refractivity contribution in [1.29, 1.82) is 0 Å². The first-order valence-electron chi connectivity index (χ1n) is 29.8. The van der Waals surface area contributed by atoms with Gasteiger partial charge in [0.2, 0.25) is 0 Å². The lowest BCUT2D eigenvalue weighted by Crippen LogP contribution is -2.16. The van der Waals surface area contributed by atoms with Gasteiger partial charge in [0.15, 0.2) is 0 Å². The van der Waals surface area contributed by atoms with Crippen LogP contribution in [0.1, 0.15) is 0 Å². The molecule has 6 heteroatoms. The monoisotopic (exact) mass is 1160 g/mol. The summed E-state index contributed by atoms with van der Waals surface area (Å²) in [5.41, 5.74) is 17.9. The second-order valence-electron chi connectivity index (χ2n) is 22.4. The predicted octanol–water partition coefficient (Wildman–Crippen LogP) is 24.9. The van der Waals surface area contributed by atoms with E-state index in [0.717, 1.165) is 95.0 Å². The molecule has 0 amide bonds. The summed E-state index contributed by atoms with van der Waals surface area (Å²) in [4.78, 5) is 7.26. The molecular formula is C82H53N3OS2. The van der Waals surface area contributed by atoms with Crippen molar-refractivity contribution in [2.75, 3.05) is 14.7 Å². The van der Waals surface area contributed by atoms with Crippen molar-refractivity contribution in [2.24, 2.45) is 0 Å². The first-order valence-corrected chi connectivity index (χ1v) is 31.4. The molecule has 0 spiro atoms. The Kier molecular flexibility index (Phi) is 12.6. The van der Waals surface area contributed by atoms with E-state index >= 15 is 0 Å². The maximum absolute atomic E-state index is 6.59. The van der Waals surface area contributed by atoms with Crippen LogP contribution in [0.2, 0.25) is 0 Å². The number of rotatable bonds is 12. The highest BCUT2D eigenvalue weighted by molar-refractivity contribution is 7.26. The fraction of sp³-hybridized carbons (Fsp3) is 0. The van der Waals surface area contributed by atoms with Gasteiger partial charge in [0, 0.05) is 90.5 Å². The summed E-state index contributed by atoms with van der Waals surface area (Å²) in [6.07, 6.45) is 0. The van der Waals surface area contributed by atoms with E-state index in [9.17, 15) is 0 Å². The summed E-state index contributed by atoms with van der Waals surface area (Å²) in [5.74, 6) is 0. The molecule has 0 aliphatic heterocycles. The van der Waals surface area contributed by atoms with E-state index in [1.165, 1.54) is 62.6 Å². The van der Waals surface area contributed by atoms with Gasteiger partial charge in [-0.2, -0.15) is 0 Å². The summed E-state index contributed by atoms with van der Waals surface area (Å²) in [6.45, 7) is 0. The number of benzene rings is 14. The van der Waals surface area contributed by atoms with Crippen LogP contribution >= 0.6 is 22.7 Å². The van der Waals surface area contributed by atoms with Crippen LogP contribution in [0.15, 0.2) is 326 Å². The number of thiophene rings is 2. The largest absolute Gasteiger partial charge is 0.455 e. The van der Waals surface area contributed by atoms with Crippen molar-refractivity contribution >= 4 is 147 Å². The van der Waals surface area contributed by atoms with E-state index in [1.54, 1.807) is 0 Å². The molecule has 3 aromatic heterocycles. The molecule has 3 heterocycles. The van der Waals surface area contributed by atoms with Gasteiger partial charge in [-0.3, -0.25) is 0 Å². The third-order valence-corrected chi connectivity index (χ3v) is 19.7. The minimum absolute atomic E-state index is 0.885. The zero-order valence-electron chi connectivity index (χ0n) is 47.7. The van der Waals surface area contributed by atoms with Gasteiger partial charge in [-0.05, 0) is 136 Å². The van der Waals surface area contributed by atoms with Crippen LogP contribution in [-0.4, -0.2) is 0 Å². The molecule has 0 bridgehead atoms. The number of anilines is 9. The van der Waals surface area contributed by atoms with Crippen LogP contribution in [0, 0.1) is 0 Å². The molecule has 0 atom stereocenters. The maximum Gasteiger partial charge on any atom is 0.143 e. The first-order chi connectivity index (χ1) is 43.6. The molecule has 4 nitrogen and oxygen atoms in total. The Hall–Kier alpha value is -11.0. The summed E-state index contributed by atoms with van der Waals surface area (Å²) in [7, 11) is 0. The number of fused-ring (bicyclic) bond motifs is 10. The summed E-state index contributed by atoms with van der Waals surface area (Å²) in [6, 6.07) is 117. The molecule has 0 fully saturated rings. The average molecular weight is 1160 g/mol.